The number of piperidine rings is 1. The van der Waals surface area contributed by atoms with Crippen LogP contribution in [0.25, 0.3) is 0 Å². The molecule has 0 radical (unpaired) electrons. The van der Waals surface area contributed by atoms with Crippen LogP contribution in [0.3, 0.4) is 0 Å². The van der Waals surface area contributed by atoms with E-state index in [1.165, 1.54) is 43.5 Å². The average molecular weight is 463 g/mol. The number of carbonyl (C=O) groups is 1. The summed E-state index contributed by atoms with van der Waals surface area (Å²) in [5, 5.41) is 8.88. The number of halogens is 2. The number of hydrogen-bond acceptors (Lipinski definition) is 3. The molecule has 0 aromatic heterocycles. The predicted octanol–water partition coefficient (Wildman–Crippen LogP) is 2.03. The minimum absolute atomic E-state index is 0. The molecular formula is C17H27FIN5O. The molecule has 1 aliphatic rings. The topological polar surface area (TPSA) is 68.8 Å². The van der Waals surface area contributed by atoms with E-state index in [1.54, 1.807) is 7.05 Å². The number of nitrogens with zero attached hydrogens (tertiary/aromatic N) is 2. The fourth-order valence-corrected chi connectivity index (χ4v) is 2.64. The summed E-state index contributed by atoms with van der Waals surface area (Å²) < 4.78 is 12.8. The number of nitrogens with one attached hydrogen (secondary N) is 3. The van der Waals surface area contributed by atoms with Gasteiger partial charge in [-0.25, -0.2) is 4.39 Å². The van der Waals surface area contributed by atoms with Crippen LogP contribution in [-0.2, 0) is 4.79 Å². The Morgan fingerprint density at radius 3 is 2.48 bits per heavy atom. The Morgan fingerprint density at radius 2 is 1.84 bits per heavy atom. The second kappa shape index (κ2) is 12.0. The van der Waals surface area contributed by atoms with Crippen molar-refractivity contribution in [3.8, 4) is 0 Å². The molecule has 1 heterocycles. The van der Waals surface area contributed by atoms with E-state index in [1.807, 2.05) is 0 Å². The van der Waals surface area contributed by atoms with Gasteiger partial charge in [-0.3, -0.25) is 9.79 Å². The van der Waals surface area contributed by atoms with Crippen molar-refractivity contribution in [3.63, 3.8) is 0 Å². The Labute approximate surface area is 165 Å². The molecule has 140 valence electrons. The molecule has 0 bridgehead atoms. The van der Waals surface area contributed by atoms with Crippen LogP contribution in [0.2, 0.25) is 0 Å². The minimum atomic E-state index is -0.329. The maximum atomic E-state index is 12.8. The van der Waals surface area contributed by atoms with Crippen LogP contribution in [-0.4, -0.2) is 56.5 Å². The van der Waals surface area contributed by atoms with Gasteiger partial charge in [0, 0.05) is 25.8 Å². The van der Waals surface area contributed by atoms with Gasteiger partial charge in [0.2, 0.25) is 5.91 Å². The van der Waals surface area contributed by atoms with E-state index in [0.29, 0.717) is 11.6 Å². The number of likely N-dealkylation sites (tertiary alicyclic amines) is 1. The Balaban J connectivity index is 0.00000312. The maximum Gasteiger partial charge on any atom is 0.243 e. The Bertz CT molecular complexity index is 546. The second-order valence-corrected chi connectivity index (χ2v) is 5.81. The molecule has 6 nitrogen and oxygen atoms in total. The van der Waals surface area contributed by atoms with Gasteiger partial charge in [0.15, 0.2) is 5.96 Å². The molecule has 2 rings (SSSR count). The maximum absolute atomic E-state index is 12.8. The van der Waals surface area contributed by atoms with E-state index in [9.17, 15) is 9.18 Å². The van der Waals surface area contributed by atoms with Gasteiger partial charge in [-0.1, -0.05) is 6.42 Å². The van der Waals surface area contributed by atoms with Crippen molar-refractivity contribution in [1.29, 1.82) is 0 Å². The molecule has 8 heteroatoms. The molecule has 25 heavy (non-hydrogen) atoms. The lowest BCUT2D eigenvalue weighted by molar-refractivity contribution is -0.115. The molecule has 0 saturated carbocycles. The van der Waals surface area contributed by atoms with E-state index < -0.39 is 0 Å². The van der Waals surface area contributed by atoms with Crippen LogP contribution in [0.15, 0.2) is 29.3 Å². The van der Waals surface area contributed by atoms with Crippen LogP contribution < -0.4 is 16.0 Å². The molecular weight excluding hydrogens is 436 g/mol. The highest BCUT2D eigenvalue weighted by molar-refractivity contribution is 14.0. The molecule has 1 aliphatic heterocycles. The molecule has 3 N–H and O–H groups in total. The summed E-state index contributed by atoms with van der Waals surface area (Å²) in [5.41, 5.74) is 0.566. The number of amides is 1. The van der Waals surface area contributed by atoms with Crippen molar-refractivity contribution in [2.24, 2.45) is 4.99 Å². The van der Waals surface area contributed by atoms with Gasteiger partial charge in [-0.05, 0) is 50.2 Å². The number of aliphatic imine (C=N–C) groups is 1. The molecule has 0 atom stereocenters. The summed E-state index contributed by atoms with van der Waals surface area (Å²) >= 11 is 0. The summed E-state index contributed by atoms with van der Waals surface area (Å²) in [6.07, 6.45) is 3.88. The molecule has 0 spiro atoms. The third-order valence-corrected chi connectivity index (χ3v) is 3.94. The molecule has 1 aromatic rings. The monoisotopic (exact) mass is 463 g/mol. The van der Waals surface area contributed by atoms with Crippen molar-refractivity contribution in [2.45, 2.75) is 19.3 Å². The van der Waals surface area contributed by atoms with Gasteiger partial charge in [0.1, 0.15) is 5.82 Å². The average Bonchev–Trinajstić information content (AvgIpc) is 2.61. The first-order chi connectivity index (χ1) is 11.7. The van der Waals surface area contributed by atoms with Crippen molar-refractivity contribution in [2.75, 3.05) is 45.1 Å². The lowest BCUT2D eigenvalue weighted by atomic mass is 10.1. The van der Waals surface area contributed by atoms with Crippen molar-refractivity contribution in [1.82, 2.24) is 15.5 Å². The molecule has 1 fully saturated rings. The SMILES string of the molecule is CN=C(NCCN1CCCCC1)NCC(=O)Nc1ccc(F)cc1.I. The Hall–Kier alpha value is -1.42. The fraction of sp³-hybridized carbons (Fsp3) is 0.529. The van der Waals surface area contributed by atoms with E-state index in [0.717, 1.165) is 26.2 Å². The number of carbonyl (C=O) groups excluding carboxylic acids is 1. The minimum Gasteiger partial charge on any atom is -0.355 e. The van der Waals surface area contributed by atoms with E-state index in [-0.39, 0.29) is 42.2 Å². The van der Waals surface area contributed by atoms with E-state index in [2.05, 4.69) is 25.8 Å². The number of rotatable bonds is 6. The second-order valence-electron chi connectivity index (χ2n) is 5.81. The third kappa shape index (κ3) is 8.48. The van der Waals surface area contributed by atoms with Gasteiger partial charge in [-0.15, -0.1) is 24.0 Å². The molecule has 1 amide bonds. The Kier molecular flexibility index (Phi) is 10.4. The summed E-state index contributed by atoms with van der Waals surface area (Å²) in [5.74, 6) is 0.0614. The van der Waals surface area contributed by atoms with Gasteiger partial charge in [-0.2, -0.15) is 0 Å². The molecule has 1 aromatic carbocycles. The van der Waals surface area contributed by atoms with Gasteiger partial charge >= 0.3 is 0 Å². The highest BCUT2D eigenvalue weighted by Crippen LogP contribution is 2.08. The van der Waals surface area contributed by atoms with Crippen LogP contribution in [0.5, 0.6) is 0 Å². The van der Waals surface area contributed by atoms with Crippen LogP contribution in [0.1, 0.15) is 19.3 Å². The first-order valence-electron chi connectivity index (χ1n) is 8.39. The van der Waals surface area contributed by atoms with Crippen molar-refractivity contribution < 1.29 is 9.18 Å². The zero-order valence-electron chi connectivity index (χ0n) is 14.6. The predicted molar refractivity (Wildman–Crippen MR) is 110 cm³/mol. The zero-order chi connectivity index (χ0) is 17.2. The number of anilines is 1. The molecule has 1 saturated heterocycles. The summed E-state index contributed by atoms with van der Waals surface area (Å²) in [6.45, 7) is 4.18. The fourth-order valence-electron chi connectivity index (χ4n) is 2.64. The standard InChI is InChI=1S/C17H26FN5O.HI/c1-19-17(20-9-12-23-10-3-2-4-11-23)21-13-16(24)22-15-7-5-14(18)6-8-15;/h5-8H,2-4,9-13H2,1H3,(H,22,24)(H2,19,20,21);1H. The van der Waals surface area contributed by atoms with Gasteiger partial charge in [0.05, 0.1) is 6.54 Å². The summed E-state index contributed by atoms with van der Waals surface area (Å²) in [4.78, 5) is 18.4. The lowest BCUT2D eigenvalue weighted by Gasteiger charge is -2.26. The largest absolute Gasteiger partial charge is 0.355 e. The Morgan fingerprint density at radius 1 is 1.16 bits per heavy atom. The molecule has 0 unspecified atom stereocenters. The first kappa shape index (κ1) is 21.6. The highest BCUT2D eigenvalue weighted by Gasteiger charge is 2.09. The van der Waals surface area contributed by atoms with Crippen LogP contribution >= 0.6 is 24.0 Å². The summed E-state index contributed by atoms with van der Waals surface area (Å²) in [7, 11) is 1.67. The van der Waals surface area contributed by atoms with Crippen LogP contribution in [0.4, 0.5) is 10.1 Å². The normalized spacial score (nSPS) is 15.2. The van der Waals surface area contributed by atoms with Crippen molar-refractivity contribution in [3.05, 3.63) is 30.1 Å². The van der Waals surface area contributed by atoms with Crippen LogP contribution in [0, 0.1) is 5.82 Å². The smallest absolute Gasteiger partial charge is 0.243 e. The zero-order valence-corrected chi connectivity index (χ0v) is 16.9. The highest BCUT2D eigenvalue weighted by atomic mass is 127. The van der Waals surface area contributed by atoms with Crippen molar-refractivity contribution >= 4 is 41.5 Å². The van der Waals surface area contributed by atoms with Gasteiger partial charge in [0.25, 0.3) is 0 Å². The molecule has 0 aliphatic carbocycles. The van der Waals surface area contributed by atoms with E-state index >= 15 is 0 Å². The number of benzene rings is 1. The summed E-state index contributed by atoms with van der Waals surface area (Å²) in [6, 6.07) is 5.67. The first-order valence-corrected chi connectivity index (χ1v) is 8.39. The number of hydrogen-bond donors (Lipinski definition) is 3. The number of guanidine groups is 1. The third-order valence-electron chi connectivity index (χ3n) is 3.94. The lowest BCUT2D eigenvalue weighted by Crippen LogP contribution is -2.44. The quantitative estimate of drug-likeness (QED) is 0.343. The van der Waals surface area contributed by atoms with E-state index in [4.69, 9.17) is 0 Å². The van der Waals surface area contributed by atoms with Gasteiger partial charge < -0.3 is 20.9 Å².